The van der Waals surface area contributed by atoms with Crippen molar-refractivity contribution in [3.05, 3.63) is 36.2 Å². The van der Waals surface area contributed by atoms with E-state index in [1.165, 1.54) is 19.3 Å². The maximum atomic E-state index is 4.34. The highest BCUT2D eigenvalue weighted by atomic mass is 15.3. The van der Waals surface area contributed by atoms with Crippen molar-refractivity contribution >= 4 is 6.20 Å². The van der Waals surface area contributed by atoms with Crippen LogP contribution in [0.3, 0.4) is 0 Å². The Hall–Kier alpha value is -1.95. The molecule has 0 aromatic carbocycles. The van der Waals surface area contributed by atoms with E-state index < -0.39 is 0 Å². The number of nitrogens with zero attached hydrogens (tertiary/aromatic N) is 5. The molecule has 1 aliphatic rings. The second-order valence-corrected chi connectivity index (χ2v) is 5.43. The van der Waals surface area contributed by atoms with E-state index in [0.717, 1.165) is 49.7 Å². The van der Waals surface area contributed by atoms with E-state index in [1.807, 2.05) is 12.4 Å². The number of rotatable bonds is 6. The molecule has 0 atom stereocenters. The van der Waals surface area contributed by atoms with E-state index >= 15 is 0 Å². The third-order valence-corrected chi connectivity index (χ3v) is 3.88. The fraction of sp³-hybridized carbons (Fsp3) is 0.533. The van der Waals surface area contributed by atoms with E-state index in [0.29, 0.717) is 0 Å². The Bertz CT molecular complexity index is 597. The Labute approximate surface area is 124 Å². The van der Waals surface area contributed by atoms with Crippen LogP contribution < -0.4 is 5.32 Å². The zero-order valence-corrected chi connectivity index (χ0v) is 12.3. The summed E-state index contributed by atoms with van der Waals surface area (Å²) < 4.78 is 4.03. The van der Waals surface area contributed by atoms with Crippen molar-refractivity contribution in [1.29, 1.82) is 0 Å². The van der Waals surface area contributed by atoms with Gasteiger partial charge in [-0.15, -0.1) is 10.2 Å². The molecule has 0 saturated carbocycles. The second kappa shape index (κ2) is 6.67. The lowest BCUT2D eigenvalue weighted by atomic mass is 10.2. The molecular formula is C15H22N6. The maximum absolute atomic E-state index is 4.34. The van der Waals surface area contributed by atoms with Crippen molar-refractivity contribution in [3.63, 3.8) is 0 Å². The number of fused-ring (bicyclic) bond motifs is 1. The predicted molar refractivity (Wildman–Crippen MR) is 81.6 cm³/mol. The molecule has 0 aliphatic carbocycles. The highest BCUT2D eigenvalue weighted by Gasteiger charge is 2.13. The highest BCUT2D eigenvalue weighted by molar-refractivity contribution is 5.17. The van der Waals surface area contributed by atoms with E-state index in [2.05, 4.69) is 31.8 Å². The summed E-state index contributed by atoms with van der Waals surface area (Å²) in [5.74, 6) is 2.27. The molecule has 0 amide bonds. The first-order valence-corrected chi connectivity index (χ1v) is 7.64. The van der Waals surface area contributed by atoms with Crippen LogP contribution in [0.25, 0.3) is 6.20 Å². The van der Waals surface area contributed by atoms with Gasteiger partial charge in [-0.05, 0) is 12.8 Å². The number of aromatic nitrogens is 5. The van der Waals surface area contributed by atoms with Crippen LogP contribution in [0.1, 0.15) is 36.5 Å². The minimum absolute atomic E-state index is 0.814. The summed E-state index contributed by atoms with van der Waals surface area (Å²) >= 11 is 0. The third kappa shape index (κ3) is 3.39. The van der Waals surface area contributed by atoms with Crippen molar-refractivity contribution in [2.24, 2.45) is 0 Å². The Morgan fingerprint density at radius 3 is 3.10 bits per heavy atom. The minimum Gasteiger partial charge on any atom is -0.315 e. The first-order valence-electron chi connectivity index (χ1n) is 7.64. The van der Waals surface area contributed by atoms with Crippen molar-refractivity contribution in [2.45, 2.75) is 45.2 Å². The van der Waals surface area contributed by atoms with Gasteiger partial charge in [-0.3, -0.25) is 0 Å². The molecule has 21 heavy (non-hydrogen) atoms. The third-order valence-electron chi connectivity index (χ3n) is 3.88. The molecule has 1 N–H and O–H groups in total. The summed E-state index contributed by atoms with van der Waals surface area (Å²) in [6.07, 6.45) is 11.3. The monoisotopic (exact) mass is 286 g/mol. The summed E-state index contributed by atoms with van der Waals surface area (Å²) in [6, 6.07) is 0. The predicted octanol–water partition coefficient (Wildman–Crippen LogP) is 1.63. The molecule has 0 unspecified atom stereocenters. The molecular weight excluding hydrogens is 264 g/mol. The SMILES string of the molecule is C=Cn1cc(CNCCc2nnc3n2CCCCC3)cn1. The topological polar surface area (TPSA) is 60.6 Å². The van der Waals surface area contributed by atoms with Crippen LogP contribution in [0.15, 0.2) is 19.0 Å². The molecule has 6 nitrogen and oxygen atoms in total. The lowest BCUT2D eigenvalue weighted by Gasteiger charge is -2.07. The van der Waals surface area contributed by atoms with Gasteiger partial charge in [-0.1, -0.05) is 13.0 Å². The van der Waals surface area contributed by atoms with Crippen molar-refractivity contribution in [3.8, 4) is 0 Å². The first kappa shape index (κ1) is 14.0. The minimum atomic E-state index is 0.814. The van der Waals surface area contributed by atoms with Crippen LogP contribution in [0.4, 0.5) is 0 Å². The fourth-order valence-corrected chi connectivity index (χ4v) is 2.73. The van der Waals surface area contributed by atoms with Crippen LogP contribution in [0.5, 0.6) is 0 Å². The van der Waals surface area contributed by atoms with Gasteiger partial charge in [0.1, 0.15) is 11.6 Å². The van der Waals surface area contributed by atoms with E-state index in [9.17, 15) is 0 Å². The van der Waals surface area contributed by atoms with Gasteiger partial charge in [-0.25, -0.2) is 4.68 Å². The fourth-order valence-electron chi connectivity index (χ4n) is 2.73. The first-order chi connectivity index (χ1) is 10.4. The van der Waals surface area contributed by atoms with E-state index in [1.54, 1.807) is 10.9 Å². The summed E-state index contributed by atoms with van der Waals surface area (Å²) in [5.41, 5.74) is 1.16. The lowest BCUT2D eigenvalue weighted by molar-refractivity contribution is 0.587. The summed E-state index contributed by atoms with van der Waals surface area (Å²) in [6.45, 7) is 6.47. The van der Waals surface area contributed by atoms with Crippen LogP contribution in [0.2, 0.25) is 0 Å². The van der Waals surface area contributed by atoms with Gasteiger partial charge < -0.3 is 9.88 Å². The largest absolute Gasteiger partial charge is 0.315 e. The quantitative estimate of drug-likeness (QED) is 0.820. The van der Waals surface area contributed by atoms with Gasteiger partial charge in [0.15, 0.2) is 0 Å². The molecule has 0 bridgehead atoms. The van der Waals surface area contributed by atoms with Crippen molar-refractivity contribution in [1.82, 2.24) is 29.9 Å². The van der Waals surface area contributed by atoms with Gasteiger partial charge >= 0.3 is 0 Å². The van der Waals surface area contributed by atoms with Gasteiger partial charge in [-0.2, -0.15) is 5.10 Å². The van der Waals surface area contributed by atoms with Gasteiger partial charge in [0.2, 0.25) is 0 Å². The van der Waals surface area contributed by atoms with Crippen LogP contribution in [-0.2, 0) is 25.9 Å². The van der Waals surface area contributed by atoms with Crippen LogP contribution >= 0.6 is 0 Å². The molecule has 2 aromatic heterocycles. The number of aryl methyl sites for hydroxylation is 1. The Balaban J connectivity index is 1.49. The molecule has 0 saturated heterocycles. The Kier molecular flexibility index (Phi) is 4.45. The average molecular weight is 286 g/mol. The van der Waals surface area contributed by atoms with E-state index in [4.69, 9.17) is 0 Å². The molecule has 0 spiro atoms. The summed E-state index contributed by atoms with van der Waals surface area (Å²) in [4.78, 5) is 0. The van der Waals surface area contributed by atoms with Crippen molar-refractivity contribution < 1.29 is 0 Å². The standard InChI is InChI=1S/C15H22N6/c1-2-20-12-13(11-17-20)10-16-8-7-15-19-18-14-6-4-3-5-9-21(14)15/h2,11-12,16H,1,3-10H2. The number of hydrogen-bond acceptors (Lipinski definition) is 4. The zero-order valence-electron chi connectivity index (χ0n) is 12.3. The van der Waals surface area contributed by atoms with Gasteiger partial charge in [0.25, 0.3) is 0 Å². The molecule has 1 aliphatic heterocycles. The number of nitrogens with one attached hydrogen (secondary N) is 1. The average Bonchev–Trinajstić information content (AvgIpc) is 3.04. The molecule has 3 heterocycles. The van der Waals surface area contributed by atoms with Gasteiger partial charge in [0, 0.05) is 50.4 Å². The Morgan fingerprint density at radius 1 is 1.29 bits per heavy atom. The summed E-state index contributed by atoms with van der Waals surface area (Å²) in [5, 5.41) is 16.3. The molecule has 2 aromatic rings. The van der Waals surface area contributed by atoms with Crippen molar-refractivity contribution in [2.75, 3.05) is 6.54 Å². The molecule has 0 radical (unpaired) electrons. The maximum Gasteiger partial charge on any atom is 0.134 e. The summed E-state index contributed by atoms with van der Waals surface area (Å²) in [7, 11) is 0. The number of hydrogen-bond donors (Lipinski definition) is 1. The highest BCUT2D eigenvalue weighted by Crippen LogP contribution is 2.14. The van der Waals surface area contributed by atoms with E-state index in [-0.39, 0.29) is 0 Å². The zero-order chi connectivity index (χ0) is 14.5. The Morgan fingerprint density at radius 2 is 2.24 bits per heavy atom. The molecule has 3 rings (SSSR count). The second-order valence-electron chi connectivity index (χ2n) is 5.43. The smallest absolute Gasteiger partial charge is 0.134 e. The molecule has 6 heteroatoms. The van der Waals surface area contributed by atoms with Gasteiger partial charge in [0.05, 0.1) is 6.20 Å². The normalized spacial score (nSPS) is 14.7. The van der Waals surface area contributed by atoms with Crippen LogP contribution in [0, 0.1) is 0 Å². The molecule has 0 fully saturated rings. The van der Waals surface area contributed by atoms with Crippen LogP contribution in [-0.4, -0.2) is 31.1 Å². The molecule has 112 valence electrons. The lowest BCUT2D eigenvalue weighted by Crippen LogP contribution is -2.18.